The van der Waals surface area contributed by atoms with Crippen molar-refractivity contribution < 1.29 is 4.79 Å². The van der Waals surface area contributed by atoms with E-state index in [1.54, 1.807) is 4.90 Å². The average molecular weight is 404 g/mol. The first-order valence-electron chi connectivity index (χ1n) is 7.06. The third kappa shape index (κ3) is 3.42. The highest BCUT2D eigenvalue weighted by atomic mass is 79.9. The first-order chi connectivity index (χ1) is 11.0. The maximum Gasteiger partial charge on any atom is 0.270 e. The number of rotatable bonds is 2. The summed E-state index contributed by atoms with van der Waals surface area (Å²) < 4.78 is 1.56. The predicted molar refractivity (Wildman–Crippen MR) is 106 cm³/mol. The van der Waals surface area contributed by atoms with Gasteiger partial charge < -0.3 is 0 Å². The van der Waals surface area contributed by atoms with Crippen LogP contribution in [0.15, 0.2) is 51.8 Å². The number of benzene rings is 2. The third-order valence-corrected chi connectivity index (χ3v) is 5.34. The number of aryl methyl sites for hydroxylation is 2. The van der Waals surface area contributed by atoms with Crippen molar-refractivity contribution in [2.24, 2.45) is 0 Å². The Morgan fingerprint density at radius 2 is 1.96 bits per heavy atom. The molecule has 3 rings (SSSR count). The monoisotopic (exact) mass is 403 g/mol. The minimum Gasteiger partial charge on any atom is -0.268 e. The average Bonchev–Trinajstić information content (AvgIpc) is 2.76. The fraction of sp³-hybridized carbons (Fsp3) is 0.111. The minimum absolute atomic E-state index is 0.0614. The van der Waals surface area contributed by atoms with Crippen LogP contribution in [-0.4, -0.2) is 10.2 Å². The van der Waals surface area contributed by atoms with Crippen LogP contribution in [0.2, 0.25) is 0 Å². The van der Waals surface area contributed by atoms with Gasteiger partial charge in [0.1, 0.15) is 0 Å². The Hall–Kier alpha value is -1.43. The van der Waals surface area contributed by atoms with E-state index in [2.05, 4.69) is 15.9 Å². The molecule has 116 valence electrons. The number of thiocarbonyl (C=S) groups is 1. The molecular formula is C18H14BrNOS2. The van der Waals surface area contributed by atoms with Crippen molar-refractivity contribution >= 4 is 61.9 Å². The first-order valence-corrected chi connectivity index (χ1v) is 9.08. The first kappa shape index (κ1) is 16.4. The molecule has 0 saturated carbocycles. The molecule has 1 aliphatic rings. The zero-order chi connectivity index (χ0) is 16.6. The van der Waals surface area contributed by atoms with Gasteiger partial charge in [-0.1, -0.05) is 64.2 Å². The molecule has 0 aromatic heterocycles. The van der Waals surface area contributed by atoms with Crippen molar-refractivity contribution in [3.05, 3.63) is 68.5 Å². The second kappa shape index (κ2) is 6.59. The molecule has 1 amide bonds. The van der Waals surface area contributed by atoms with Gasteiger partial charge in [0.15, 0.2) is 4.32 Å². The number of amides is 1. The summed E-state index contributed by atoms with van der Waals surface area (Å²) in [6, 6.07) is 13.9. The van der Waals surface area contributed by atoms with E-state index in [0.29, 0.717) is 9.23 Å². The zero-order valence-corrected chi connectivity index (χ0v) is 15.9. The van der Waals surface area contributed by atoms with E-state index in [0.717, 1.165) is 26.9 Å². The molecule has 1 saturated heterocycles. The maximum absolute atomic E-state index is 12.8. The number of carbonyl (C=O) groups is 1. The van der Waals surface area contributed by atoms with Gasteiger partial charge in [-0.15, -0.1) is 0 Å². The van der Waals surface area contributed by atoms with Crippen LogP contribution in [0.3, 0.4) is 0 Å². The summed E-state index contributed by atoms with van der Waals surface area (Å²) in [6.07, 6.45) is 1.88. The summed E-state index contributed by atoms with van der Waals surface area (Å²) in [5.41, 5.74) is 3.98. The summed E-state index contributed by atoms with van der Waals surface area (Å²) in [7, 11) is 0. The topological polar surface area (TPSA) is 20.3 Å². The van der Waals surface area contributed by atoms with Crippen molar-refractivity contribution in [2.45, 2.75) is 13.8 Å². The van der Waals surface area contributed by atoms with Crippen LogP contribution in [-0.2, 0) is 4.79 Å². The van der Waals surface area contributed by atoms with E-state index >= 15 is 0 Å². The van der Waals surface area contributed by atoms with E-state index in [-0.39, 0.29) is 5.91 Å². The van der Waals surface area contributed by atoms with Gasteiger partial charge in [0, 0.05) is 4.47 Å². The number of anilines is 1. The van der Waals surface area contributed by atoms with Gasteiger partial charge >= 0.3 is 0 Å². The van der Waals surface area contributed by atoms with Crippen molar-refractivity contribution in [1.82, 2.24) is 0 Å². The fourth-order valence-electron chi connectivity index (χ4n) is 2.38. The van der Waals surface area contributed by atoms with Gasteiger partial charge in [-0.2, -0.15) is 0 Å². The molecule has 2 aromatic carbocycles. The van der Waals surface area contributed by atoms with Crippen molar-refractivity contribution in [2.75, 3.05) is 4.90 Å². The molecule has 0 radical (unpaired) electrons. The summed E-state index contributed by atoms with van der Waals surface area (Å²) in [4.78, 5) is 15.1. The maximum atomic E-state index is 12.8. The van der Waals surface area contributed by atoms with Gasteiger partial charge in [0.05, 0.1) is 10.6 Å². The number of thioether (sulfide) groups is 1. The highest BCUT2D eigenvalue weighted by Crippen LogP contribution is 2.37. The molecule has 2 aromatic rings. The Morgan fingerprint density at radius 3 is 2.70 bits per heavy atom. The van der Waals surface area contributed by atoms with Crippen LogP contribution in [0.5, 0.6) is 0 Å². The van der Waals surface area contributed by atoms with E-state index in [4.69, 9.17) is 12.2 Å². The molecule has 1 aliphatic heterocycles. The number of halogens is 1. The lowest BCUT2D eigenvalue weighted by molar-refractivity contribution is -0.113. The summed E-state index contributed by atoms with van der Waals surface area (Å²) in [6.45, 7) is 4.00. The summed E-state index contributed by atoms with van der Waals surface area (Å²) in [5.74, 6) is -0.0614. The predicted octanol–water partition coefficient (Wildman–Crippen LogP) is 5.47. The van der Waals surface area contributed by atoms with Crippen molar-refractivity contribution in [3.63, 3.8) is 0 Å². The van der Waals surface area contributed by atoms with Gasteiger partial charge in [-0.3, -0.25) is 9.69 Å². The standard InChI is InChI=1S/C18H14BrNOS2/c1-11-6-7-12(2)15(8-11)20-17(21)16(23-18(20)22)10-13-4-3-5-14(19)9-13/h3-10H,1-2H3. The SMILES string of the molecule is Cc1ccc(C)c(N2C(=O)C(=Cc3cccc(Br)c3)SC2=S)c1. The Labute approximate surface area is 153 Å². The minimum atomic E-state index is -0.0614. The normalized spacial score (nSPS) is 16.5. The Kier molecular flexibility index (Phi) is 4.71. The molecule has 0 aliphatic carbocycles. The molecule has 23 heavy (non-hydrogen) atoms. The zero-order valence-electron chi connectivity index (χ0n) is 12.7. The summed E-state index contributed by atoms with van der Waals surface area (Å²) >= 11 is 10.2. The molecule has 0 spiro atoms. The van der Waals surface area contributed by atoms with Gasteiger partial charge in [0.2, 0.25) is 0 Å². The fourth-order valence-corrected chi connectivity index (χ4v) is 4.09. The molecule has 0 atom stereocenters. The second-order valence-electron chi connectivity index (χ2n) is 5.36. The van der Waals surface area contributed by atoms with E-state index in [1.165, 1.54) is 11.8 Å². The quantitative estimate of drug-likeness (QED) is 0.489. The lowest BCUT2D eigenvalue weighted by atomic mass is 10.1. The number of hydrogen-bond acceptors (Lipinski definition) is 3. The Morgan fingerprint density at radius 1 is 1.17 bits per heavy atom. The van der Waals surface area contributed by atoms with Crippen LogP contribution in [0.25, 0.3) is 6.08 Å². The number of carbonyl (C=O) groups excluding carboxylic acids is 1. The highest BCUT2D eigenvalue weighted by molar-refractivity contribution is 9.10. The van der Waals surface area contributed by atoms with Crippen LogP contribution in [0.4, 0.5) is 5.69 Å². The second-order valence-corrected chi connectivity index (χ2v) is 7.95. The molecule has 5 heteroatoms. The largest absolute Gasteiger partial charge is 0.270 e. The van der Waals surface area contributed by atoms with Crippen LogP contribution >= 0.6 is 39.9 Å². The smallest absolute Gasteiger partial charge is 0.268 e. The number of nitrogens with zero attached hydrogens (tertiary/aromatic N) is 1. The van der Waals surface area contributed by atoms with Crippen molar-refractivity contribution in [3.8, 4) is 0 Å². The molecular weight excluding hydrogens is 390 g/mol. The lowest BCUT2D eigenvalue weighted by Crippen LogP contribution is -2.28. The highest BCUT2D eigenvalue weighted by Gasteiger charge is 2.34. The van der Waals surface area contributed by atoms with E-state index in [9.17, 15) is 4.79 Å². The molecule has 2 nitrogen and oxygen atoms in total. The van der Waals surface area contributed by atoms with E-state index < -0.39 is 0 Å². The van der Waals surface area contributed by atoms with Crippen LogP contribution in [0, 0.1) is 13.8 Å². The molecule has 1 heterocycles. The van der Waals surface area contributed by atoms with Crippen LogP contribution in [0.1, 0.15) is 16.7 Å². The third-order valence-electron chi connectivity index (χ3n) is 3.55. The van der Waals surface area contributed by atoms with E-state index in [1.807, 2.05) is 62.4 Å². The Balaban J connectivity index is 1.99. The Bertz CT molecular complexity index is 845. The van der Waals surface area contributed by atoms with Gasteiger partial charge in [-0.05, 0) is 54.8 Å². The van der Waals surface area contributed by atoms with Gasteiger partial charge in [-0.25, -0.2) is 0 Å². The molecule has 0 unspecified atom stereocenters. The van der Waals surface area contributed by atoms with Crippen molar-refractivity contribution in [1.29, 1.82) is 0 Å². The summed E-state index contributed by atoms with van der Waals surface area (Å²) in [5, 5.41) is 0. The molecule has 0 N–H and O–H groups in total. The lowest BCUT2D eigenvalue weighted by Gasteiger charge is -2.17. The molecule has 1 fully saturated rings. The van der Waals surface area contributed by atoms with Crippen LogP contribution < -0.4 is 4.90 Å². The van der Waals surface area contributed by atoms with Gasteiger partial charge in [0.25, 0.3) is 5.91 Å². The molecule has 0 bridgehead atoms. The number of hydrogen-bond donors (Lipinski definition) is 0.